The number of hydrogen-bond acceptors (Lipinski definition) is 8. The molecule has 9 heteroatoms. The zero-order valence-electron chi connectivity index (χ0n) is 13.9. The number of nitro benzene ring substituents is 1. The lowest BCUT2D eigenvalue weighted by atomic mass is 9.54. The fraction of sp³-hybridized carbons (Fsp3) is 0.412. The summed E-state index contributed by atoms with van der Waals surface area (Å²) >= 11 is 0. The van der Waals surface area contributed by atoms with Gasteiger partial charge in [0.05, 0.1) is 29.0 Å². The maximum absolute atomic E-state index is 10.9. The van der Waals surface area contributed by atoms with Crippen molar-refractivity contribution in [3.63, 3.8) is 0 Å². The van der Waals surface area contributed by atoms with Crippen LogP contribution >= 0.6 is 0 Å². The van der Waals surface area contributed by atoms with Crippen molar-refractivity contribution in [3.8, 4) is 18.2 Å². The normalized spacial score (nSPS) is 34.0. The zero-order valence-corrected chi connectivity index (χ0v) is 13.9. The molecule has 2 bridgehead atoms. The van der Waals surface area contributed by atoms with E-state index in [1.807, 2.05) is 18.2 Å². The van der Waals surface area contributed by atoms with E-state index in [0.717, 1.165) is 0 Å². The average molecular weight is 351 g/mol. The van der Waals surface area contributed by atoms with Gasteiger partial charge in [0, 0.05) is 19.1 Å². The fourth-order valence-corrected chi connectivity index (χ4v) is 3.78. The highest BCUT2D eigenvalue weighted by Gasteiger charge is 2.78. The Morgan fingerprint density at radius 3 is 2.23 bits per heavy atom. The zero-order chi connectivity index (χ0) is 19.3. The van der Waals surface area contributed by atoms with Gasteiger partial charge < -0.3 is 9.47 Å². The lowest BCUT2D eigenvalue weighted by Gasteiger charge is -2.47. The predicted octanol–water partition coefficient (Wildman–Crippen LogP) is 2.57. The number of fused-ring (bicyclic) bond motifs is 2. The van der Waals surface area contributed by atoms with Crippen LogP contribution in [0.2, 0.25) is 0 Å². The highest BCUT2D eigenvalue weighted by Crippen LogP contribution is 2.66. The maximum atomic E-state index is 10.9. The number of non-ortho nitro benzene ring substituents is 1. The maximum Gasteiger partial charge on any atom is 0.269 e. The van der Waals surface area contributed by atoms with Gasteiger partial charge in [-0.05, 0) is 17.7 Å². The molecule has 2 aliphatic rings. The lowest BCUT2D eigenvalue weighted by Crippen LogP contribution is -2.57. The van der Waals surface area contributed by atoms with Crippen LogP contribution in [-0.4, -0.2) is 16.6 Å². The van der Waals surface area contributed by atoms with Gasteiger partial charge in [0.15, 0.2) is 5.41 Å². The molecule has 1 aromatic rings. The highest BCUT2D eigenvalue weighted by atomic mass is 16.7. The first-order valence-electron chi connectivity index (χ1n) is 7.66. The summed E-state index contributed by atoms with van der Waals surface area (Å²) in [5.41, 5.74) is -3.72. The number of rotatable bonds is 2. The summed E-state index contributed by atoms with van der Waals surface area (Å²) < 4.78 is 11.4. The fourth-order valence-electron chi connectivity index (χ4n) is 3.78. The third kappa shape index (κ3) is 1.77. The molecular weight excluding hydrogens is 338 g/mol. The van der Waals surface area contributed by atoms with E-state index < -0.39 is 39.5 Å². The van der Waals surface area contributed by atoms with Crippen molar-refractivity contribution in [1.82, 2.24) is 0 Å². The van der Waals surface area contributed by atoms with Crippen molar-refractivity contribution in [2.24, 2.45) is 16.7 Å². The smallest absolute Gasteiger partial charge is 0.269 e. The van der Waals surface area contributed by atoms with E-state index in [4.69, 9.17) is 14.9 Å². The van der Waals surface area contributed by atoms with Crippen molar-refractivity contribution in [2.75, 3.05) is 0 Å². The molecule has 2 fully saturated rings. The number of nitriles is 3. The van der Waals surface area contributed by atoms with Crippen molar-refractivity contribution in [1.29, 1.82) is 21.2 Å². The largest absolute Gasteiger partial charge is 0.448 e. The van der Waals surface area contributed by atoms with Gasteiger partial charge in [0.25, 0.3) is 5.69 Å². The Bertz CT molecular complexity index is 924. The van der Waals surface area contributed by atoms with E-state index in [0.29, 0.717) is 5.56 Å². The SMILES string of the molecule is C[C@H]1[C@]2(C)OC(=N)[C@@]1(C#N)C(C#N)(C#N)[C@@H](c1ccc([N+](=O)[O-])cc1)O2. The Kier molecular flexibility index (Phi) is 3.51. The predicted molar refractivity (Wildman–Crippen MR) is 85.0 cm³/mol. The highest BCUT2D eigenvalue weighted by molar-refractivity contribution is 5.89. The molecule has 2 saturated heterocycles. The minimum Gasteiger partial charge on any atom is -0.448 e. The molecular formula is C17H13N5O4. The summed E-state index contributed by atoms with van der Waals surface area (Å²) in [5.74, 6) is -2.61. The van der Waals surface area contributed by atoms with Crippen molar-refractivity contribution >= 4 is 11.6 Å². The van der Waals surface area contributed by atoms with Crippen LogP contribution in [0.3, 0.4) is 0 Å². The molecule has 0 aliphatic carbocycles. The molecule has 0 aromatic heterocycles. The molecule has 9 nitrogen and oxygen atoms in total. The topological polar surface area (TPSA) is 157 Å². The minimum absolute atomic E-state index is 0.161. The van der Waals surface area contributed by atoms with Crippen LogP contribution in [0.1, 0.15) is 25.5 Å². The van der Waals surface area contributed by atoms with Gasteiger partial charge in [-0.1, -0.05) is 6.92 Å². The summed E-state index contributed by atoms with van der Waals surface area (Å²) in [4.78, 5) is 10.3. The Morgan fingerprint density at radius 1 is 1.19 bits per heavy atom. The van der Waals surface area contributed by atoms with Gasteiger partial charge in [-0.25, -0.2) is 0 Å². The molecule has 2 heterocycles. The first-order chi connectivity index (χ1) is 12.2. The van der Waals surface area contributed by atoms with Gasteiger partial charge in [0.1, 0.15) is 6.10 Å². The second-order valence-corrected chi connectivity index (χ2v) is 6.47. The summed E-state index contributed by atoms with van der Waals surface area (Å²) in [6.45, 7) is 3.14. The van der Waals surface area contributed by atoms with E-state index in [1.165, 1.54) is 24.3 Å². The Morgan fingerprint density at radius 2 is 1.77 bits per heavy atom. The average Bonchev–Trinajstić information content (AvgIpc) is 2.77. The van der Waals surface area contributed by atoms with Crippen LogP contribution in [0.25, 0.3) is 0 Å². The molecule has 1 N–H and O–H groups in total. The van der Waals surface area contributed by atoms with Crippen LogP contribution in [-0.2, 0) is 9.47 Å². The second-order valence-electron chi connectivity index (χ2n) is 6.47. The van der Waals surface area contributed by atoms with Crippen LogP contribution in [0.4, 0.5) is 5.69 Å². The van der Waals surface area contributed by atoms with E-state index in [1.54, 1.807) is 13.8 Å². The molecule has 130 valence electrons. The third-order valence-electron chi connectivity index (χ3n) is 5.40. The number of ether oxygens (including phenoxy) is 2. The lowest BCUT2D eigenvalue weighted by molar-refractivity contribution is -0.384. The molecule has 0 amide bonds. The Balaban J connectivity index is 2.25. The van der Waals surface area contributed by atoms with Gasteiger partial charge in [-0.2, -0.15) is 15.8 Å². The molecule has 0 radical (unpaired) electrons. The second kappa shape index (κ2) is 5.26. The molecule has 0 spiro atoms. The third-order valence-corrected chi connectivity index (χ3v) is 5.40. The number of hydrogen-bond donors (Lipinski definition) is 1. The monoisotopic (exact) mass is 351 g/mol. The quantitative estimate of drug-likeness (QED) is 0.633. The van der Waals surface area contributed by atoms with Crippen molar-refractivity contribution in [3.05, 3.63) is 39.9 Å². The number of nitrogens with zero attached hydrogens (tertiary/aromatic N) is 4. The molecule has 26 heavy (non-hydrogen) atoms. The van der Waals surface area contributed by atoms with Crippen LogP contribution in [0, 0.1) is 66.3 Å². The van der Waals surface area contributed by atoms with Crippen LogP contribution in [0.5, 0.6) is 0 Å². The first-order valence-corrected chi connectivity index (χ1v) is 7.66. The summed E-state index contributed by atoms with van der Waals surface area (Å²) in [6, 6.07) is 11.0. The minimum atomic E-state index is -2.05. The number of benzene rings is 1. The van der Waals surface area contributed by atoms with Crippen molar-refractivity contribution < 1.29 is 14.4 Å². The standard InChI is InChI=1S/C17H13N5O4/c1-10-15(2)25-13(11-3-5-12(6-4-11)22(23)24)16(7-18,8-19)17(10,9-20)14(21)26-15/h3-6,10,13,21H,1-2H3/t10-,13+,15-,17-/m0/s1. The van der Waals surface area contributed by atoms with E-state index in [2.05, 4.69) is 0 Å². The van der Waals surface area contributed by atoms with E-state index in [-0.39, 0.29) is 5.69 Å². The van der Waals surface area contributed by atoms with Gasteiger partial charge in [-0.3, -0.25) is 15.5 Å². The molecule has 4 atom stereocenters. The molecule has 0 saturated carbocycles. The van der Waals surface area contributed by atoms with Gasteiger partial charge >= 0.3 is 0 Å². The molecule has 0 unspecified atom stereocenters. The summed E-state index contributed by atoms with van der Waals surface area (Å²) in [6.07, 6.45) is -1.22. The molecule has 3 rings (SSSR count). The molecule has 2 aliphatic heterocycles. The Hall–Kier alpha value is -3.48. The van der Waals surface area contributed by atoms with E-state index in [9.17, 15) is 25.9 Å². The first kappa shape index (κ1) is 17.3. The van der Waals surface area contributed by atoms with Crippen LogP contribution < -0.4 is 0 Å². The van der Waals surface area contributed by atoms with Gasteiger partial charge in [0.2, 0.25) is 17.1 Å². The number of nitro groups is 1. The van der Waals surface area contributed by atoms with E-state index >= 15 is 0 Å². The summed E-state index contributed by atoms with van der Waals surface area (Å²) in [7, 11) is 0. The van der Waals surface area contributed by atoms with Crippen molar-refractivity contribution in [2.45, 2.75) is 25.7 Å². The number of nitrogens with one attached hydrogen (secondary N) is 1. The summed E-state index contributed by atoms with van der Waals surface area (Å²) in [5, 5.41) is 48.7. The van der Waals surface area contributed by atoms with Gasteiger partial charge in [-0.15, -0.1) is 0 Å². The van der Waals surface area contributed by atoms with Crippen LogP contribution in [0.15, 0.2) is 24.3 Å². The Labute approximate surface area is 148 Å². The molecule has 1 aromatic carbocycles.